The fourth-order valence-electron chi connectivity index (χ4n) is 3.34. The molecule has 2 saturated heterocycles. The van der Waals surface area contributed by atoms with Crippen molar-refractivity contribution < 1.29 is 0 Å². The predicted octanol–water partition coefficient (Wildman–Crippen LogP) is 3.60. The lowest BCUT2D eigenvalue weighted by Crippen LogP contribution is -2.49. The average Bonchev–Trinajstić information content (AvgIpc) is 2.29. The van der Waals surface area contributed by atoms with Crippen LogP contribution in [0.5, 0.6) is 0 Å². The summed E-state index contributed by atoms with van der Waals surface area (Å²) in [7, 11) is 0. The maximum Gasteiger partial charge on any atom is 0.0371 e. The molecule has 0 N–H and O–H groups in total. The lowest BCUT2D eigenvalue weighted by atomic mass is 9.84. The number of anilines is 1. The van der Waals surface area contributed by atoms with Crippen LogP contribution in [0, 0.1) is 0 Å². The molecule has 1 heteroatoms. The van der Waals surface area contributed by atoms with Crippen LogP contribution in [0.25, 0.3) is 0 Å². The van der Waals surface area contributed by atoms with Crippen LogP contribution in [0.2, 0.25) is 0 Å². The van der Waals surface area contributed by atoms with Gasteiger partial charge in [-0.15, -0.1) is 0 Å². The van der Waals surface area contributed by atoms with Gasteiger partial charge in [0.25, 0.3) is 0 Å². The van der Waals surface area contributed by atoms with E-state index in [9.17, 15) is 0 Å². The Morgan fingerprint density at radius 2 is 1.33 bits per heavy atom. The van der Waals surface area contributed by atoms with Gasteiger partial charge in [-0.2, -0.15) is 0 Å². The number of hydrogen-bond acceptors (Lipinski definition) is 1. The summed E-state index contributed by atoms with van der Waals surface area (Å²) in [6.45, 7) is 0. The third kappa shape index (κ3) is 1.64. The van der Waals surface area contributed by atoms with E-state index in [0.29, 0.717) is 0 Å². The van der Waals surface area contributed by atoms with E-state index in [0.717, 1.165) is 12.1 Å². The Bertz CT molecular complexity index is 297. The van der Waals surface area contributed by atoms with Crippen LogP contribution >= 0.6 is 0 Å². The van der Waals surface area contributed by atoms with E-state index in [1.165, 1.54) is 44.2 Å². The second kappa shape index (κ2) is 3.88. The van der Waals surface area contributed by atoms with Gasteiger partial charge in [0, 0.05) is 17.8 Å². The topological polar surface area (TPSA) is 3.24 Å². The smallest absolute Gasteiger partial charge is 0.0371 e. The summed E-state index contributed by atoms with van der Waals surface area (Å²) >= 11 is 0. The number of piperidine rings is 2. The number of hydrogen-bond donors (Lipinski definition) is 0. The van der Waals surface area contributed by atoms with Crippen LogP contribution in [0.3, 0.4) is 0 Å². The lowest BCUT2D eigenvalue weighted by molar-refractivity contribution is 0.296. The quantitative estimate of drug-likeness (QED) is 0.671. The van der Waals surface area contributed by atoms with Crippen LogP contribution in [0.1, 0.15) is 38.5 Å². The molecule has 2 bridgehead atoms. The molecule has 0 aromatic heterocycles. The fourth-order valence-corrected chi connectivity index (χ4v) is 3.34. The van der Waals surface area contributed by atoms with Gasteiger partial charge in [0.2, 0.25) is 0 Å². The third-order valence-electron chi connectivity index (χ3n) is 3.99. The summed E-state index contributed by atoms with van der Waals surface area (Å²) in [5.74, 6) is 0. The van der Waals surface area contributed by atoms with Gasteiger partial charge in [0.05, 0.1) is 0 Å². The van der Waals surface area contributed by atoms with Crippen LogP contribution in [-0.4, -0.2) is 12.1 Å². The summed E-state index contributed by atoms with van der Waals surface area (Å²) in [6, 6.07) is 12.7. The van der Waals surface area contributed by atoms with Crippen LogP contribution in [-0.2, 0) is 0 Å². The second-order valence-corrected chi connectivity index (χ2v) is 4.91. The first-order valence-electron chi connectivity index (χ1n) is 6.28. The molecule has 3 rings (SSSR count). The molecule has 0 radical (unpaired) electrons. The molecule has 15 heavy (non-hydrogen) atoms. The number of nitrogens with zero attached hydrogens (tertiary/aromatic N) is 1. The lowest BCUT2D eigenvalue weighted by Gasteiger charge is -2.47. The van der Waals surface area contributed by atoms with Gasteiger partial charge < -0.3 is 4.90 Å². The highest BCUT2D eigenvalue weighted by molar-refractivity contribution is 5.49. The first-order valence-corrected chi connectivity index (χ1v) is 6.28. The van der Waals surface area contributed by atoms with Crippen molar-refractivity contribution in [3.8, 4) is 0 Å². The zero-order valence-corrected chi connectivity index (χ0v) is 9.23. The number of rotatable bonds is 1. The number of para-hydroxylation sites is 1. The van der Waals surface area contributed by atoms with Crippen LogP contribution in [0.4, 0.5) is 5.69 Å². The molecule has 0 atom stereocenters. The van der Waals surface area contributed by atoms with Crippen molar-refractivity contribution in [2.45, 2.75) is 50.6 Å². The van der Waals surface area contributed by atoms with Crippen molar-refractivity contribution in [2.24, 2.45) is 0 Å². The third-order valence-corrected chi connectivity index (χ3v) is 3.99. The Labute approximate surface area is 92.1 Å². The van der Waals surface area contributed by atoms with E-state index in [-0.39, 0.29) is 0 Å². The van der Waals surface area contributed by atoms with E-state index in [4.69, 9.17) is 0 Å². The zero-order valence-electron chi connectivity index (χ0n) is 9.23. The normalized spacial score (nSPS) is 30.3. The molecule has 2 fully saturated rings. The molecule has 0 spiro atoms. The number of fused-ring (bicyclic) bond motifs is 2. The minimum atomic E-state index is 0.833. The van der Waals surface area contributed by atoms with Crippen molar-refractivity contribution in [3.05, 3.63) is 30.3 Å². The highest BCUT2D eigenvalue weighted by Crippen LogP contribution is 2.37. The maximum absolute atomic E-state index is 2.70. The van der Waals surface area contributed by atoms with Gasteiger partial charge in [-0.3, -0.25) is 0 Å². The summed E-state index contributed by atoms with van der Waals surface area (Å²) in [6.07, 6.45) is 8.52. The summed E-state index contributed by atoms with van der Waals surface area (Å²) in [5, 5.41) is 0. The molecule has 2 aliphatic heterocycles. The van der Waals surface area contributed by atoms with Crippen LogP contribution in [0.15, 0.2) is 30.3 Å². The maximum atomic E-state index is 2.70. The van der Waals surface area contributed by atoms with Gasteiger partial charge >= 0.3 is 0 Å². The Morgan fingerprint density at radius 1 is 0.800 bits per heavy atom. The first kappa shape index (κ1) is 9.26. The minimum Gasteiger partial charge on any atom is -0.366 e. The van der Waals surface area contributed by atoms with Crippen molar-refractivity contribution >= 4 is 5.69 Å². The largest absolute Gasteiger partial charge is 0.366 e. The van der Waals surface area contributed by atoms with Gasteiger partial charge in [-0.05, 0) is 50.7 Å². The Balaban J connectivity index is 1.90. The van der Waals surface area contributed by atoms with E-state index in [2.05, 4.69) is 35.2 Å². The standard InChI is InChI=1S/C14H19N/c1-2-6-12(7-3-1)15-13-8-4-9-14(15)11-5-10-13/h1-3,6-7,13-14H,4-5,8-11H2. The molecule has 80 valence electrons. The Kier molecular flexibility index (Phi) is 2.40. The fraction of sp³-hybridized carbons (Fsp3) is 0.571. The van der Waals surface area contributed by atoms with E-state index in [1.54, 1.807) is 0 Å². The Hall–Kier alpha value is -0.980. The van der Waals surface area contributed by atoms with Crippen molar-refractivity contribution in [2.75, 3.05) is 4.90 Å². The molecule has 2 aliphatic rings. The van der Waals surface area contributed by atoms with Crippen molar-refractivity contribution in [1.29, 1.82) is 0 Å². The summed E-state index contributed by atoms with van der Waals surface area (Å²) in [5.41, 5.74) is 1.45. The second-order valence-electron chi connectivity index (χ2n) is 4.91. The molecule has 1 aromatic carbocycles. The monoisotopic (exact) mass is 201 g/mol. The Morgan fingerprint density at radius 3 is 1.87 bits per heavy atom. The van der Waals surface area contributed by atoms with Gasteiger partial charge in [0.1, 0.15) is 0 Å². The van der Waals surface area contributed by atoms with E-state index in [1.807, 2.05) is 0 Å². The van der Waals surface area contributed by atoms with Crippen molar-refractivity contribution in [3.63, 3.8) is 0 Å². The molecule has 0 saturated carbocycles. The minimum absolute atomic E-state index is 0.833. The summed E-state index contributed by atoms with van der Waals surface area (Å²) < 4.78 is 0. The molecule has 0 aliphatic carbocycles. The highest BCUT2D eigenvalue weighted by Gasteiger charge is 2.33. The zero-order chi connectivity index (χ0) is 10.1. The average molecular weight is 201 g/mol. The molecule has 2 heterocycles. The highest BCUT2D eigenvalue weighted by atomic mass is 15.2. The number of benzene rings is 1. The van der Waals surface area contributed by atoms with E-state index >= 15 is 0 Å². The van der Waals surface area contributed by atoms with E-state index < -0.39 is 0 Å². The van der Waals surface area contributed by atoms with Crippen molar-refractivity contribution in [1.82, 2.24) is 0 Å². The molecular formula is C14H19N. The molecular weight excluding hydrogens is 182 g/mol. The SMILES string of the molecule is c1ccc(N2C3CCCC2CCC3)cc1. The molecule has 0 amide bonds. The van der Waals surface area contributed by atoms with Gasteiger partial charge in [-0.25, -0.2) is 0 Å². The first-order chi connectivity index (χ1) is 7.45. The van der Waals surface area contributed by atoms with Crippen LogP contribution < -0.4 is 4.90 Å². The van der Waals surface area contributed by atoms with Gasteiger partial charge in [-0.1, -0.05) is 18.2 Å². The van der Waals surface area contributed by atoms with Gasteiger partial charge in [0.15, 0.2) is 0 Å². The molecule has 1 aromatic rings. The summed E-state index contributed by atoms with van der Waals surface area (Å²) in [4.78, 5) is 2.70. The molecule has 0 unspecified atom stereocenters. The predicted molar refractivity (Wildman–Crippen MR) is 64.2 cm³/mol. The molecule has 1 nitrogen and oxygen atoms in total.